The van der Waals surface area contributed by atoms with Gasteiger partial charge in [-0.2, -0.15) is 5.21 Å². The Bertz CT molecular complexity index is 721. The fraction of sp³-hybridized carbons (Fsp3) is 0.400. The highest BCUT2D eigenvalue weighted by Gasteiger charge is 2.24. The Morgan fingerprint density at radius 2 is 2.14 bits per heavy atom. The summed E-state index contributed by atoms with van der Waals surface area (Å²) in [5, 5.41) is 15.4. The first-order chi connectivity index (χ1) is 9.82. The zero-order valence-corrected chi connectivity index (χ0v) is 12.4. The Balaban J connectivity index is 2.13. The average molecular weight is 314 g/mol. The van der Waals surface area contributed by atoms with Crippen molar-refractivity contribution in [1.82, 2.24) is 30.2 Å². The third-order valence-electron chi connectivity index (χ3n) is 2.64. The molecular weight excluding hydrogens is 300 g/mol. The second kappa shape index (κ2) is 5.61. The summed E-state index contributed by atoms with van der Waals surface area (Å²) in [6, 6.07) is 2.01. The van der Waals surface area contributed by atoms with Crippen LogP contribution in [0.1, 0.15) is 29.3 Å². The smallest absolute Gasteiger partial charge is 0.287 e. The van der Waals surface area contributed by atoms with Gasteiger partial charge in [0.2, 0.25) is 5.09 Å². The predicted octanol–water partition coefficient (Wildman–Crippen LogP) is -0.466. The molecule has 2 heterocycles. The first-order valence-corrected chi connectivity index (χ1v) is 7.33. The highest BCUT2D eigenvalue weighted by atomic mass is 32.2. The second-order valence-corrected chi connectivity index (χ2v) is 6.45. The highest BCUT2D eigenvalue weighted by Crippen LogP contribution is 2.17. The maximum atomic E-state index is 12.0. The molecule has 0 aromatic carbocycles. The molecule has 0 saturated heterocycles. The number of nitrogens with one attached hydrogen (secondary N) is 2. The fourth-order valence-electron chi connectivity index (χ4n) is 1.45. The number of nitrogens with zero attached hydrogens (tertiary/aromatic N) is 4. The molecule has 0 aliphatic carbocycles. The molecule has 2 rings (SSSR count). The van der Waals surface area contributed by atoms with Gasteiger partial charge in [-0.15, -0.1) is 10.2 Å². The highest BCUT2D eigenvalue weighted by molar-refractivity contribution is 7.88. The van der Waals surface area contributed by atoms with E-state index in [4.69, 9.17) is 4.42 Å². The van der Waals surface area contributed by atoms with Gasteiger partial charge in [0.25, 0.3) is 15.9 Å². The zero-order valence-electron chi connectivity index (χ0n) is 11.6. The lowest BCUT2D eigenvalue weighted by Gasteiger charge is -2.09. The van der Waals surface area contributed by atoms with Gasteiger partial charge in [-0.05, 0) is 19.1 Å². The molecule has 2 aromatic rings. The average Bonchev–Trinajstić information content (AvgIpc) is 3.10. The lowest BCUT2D eigenvalue weighted by molar-refractivity contribution is 0.0904. The van der Waals surface area contributed by atoms with Crippen molar-refractivity contribution < 1.29 is 17.6 Å². The van der Waals surface area contributed by atoms with Gasteiger partial charge in [-0.3, -0.25) is 4.79 Å². The van der Waals surface area contributed by atoms with Crippen LogP contribution in [0.2, 0.25) is 0 Å². The molecule has 1 atom stereocenters. The van der Waals surface area contributed by atoms with Crippen molar-refractivity contribution in [3.05, 3.63) is 23.7 Å². The van der Waals surface area contributed by atoms with Crippen molar-refractivity contribution in [3.63, 3.8) is 0 Å². The number of amides is 1. The van der Waals surface area contributed by atoms with Crippen LogP contribution in [0.3, 0.4) is 0 Å². The summed E-state index contributed by atoms with van der Waals surface area (Å²) >= 11 is 0. The maximum absolute atomic E-state index is 12.0. The second-order valence-electron chi connectivity index (χ2n) is 4.37. The summed E-state index contributed by atoms with van der Waals surface area (Å²) in [6.07, 6.45) is 0. The van der Waals surface area contributed by atoms with Gasteiger partial charge in [0, 0.05) is 14.1 Å². The third-order valence-corrected chi connectivity index (χ3v) is 4.33. The van der Waals surface area contributed by atoms with Crippen LogP contribution < -0.4 is 5.32 Å². The Hall–Kier alpha value is -2.27. The molecular formula is C10H14N6O4S. The molecule has 1 unspecified atom stereocenters. The van der Waals surface area contributed by atoms with E-state index in [0.717, 1.165) is 4.31 Å². The van der Waals surface area contributed by atoms with Crippen molar-refractivity contribution in [1.29, 1.82) is 0 Å². The standard InChI is InChI=1S/C10H14N6O4S/c1-6(9-12-14-15-13-9)11-10(17)7-4-5-8(20-7)21(18,19)16(2)3/h4-6H,1-3H3,(H,11,17)(H,12,13,14,15). The lowest BCUT2D eigenvalue weighted by Crippen LogP contribution is -2.27. The number of H-pyrrole nitrogens is 1. The van der Waals surface area contributed by atoms with Gasteiger partial charge in [0.15, 0.2) is 11.6 Å². The molecule has 114 valence electrons. The van der Waals surface area contributed by atoms with Crippen LogP contribution in [0.15, 0.2) is 21.6 Å². The van der Waals surface area contributed by atoms with E-state index in [2.05, 4.69) is 25.9 Å². The lowest BCUT2D eigenvalue weighted by atomic mass is 10.3. The number of sulfonamides is 1. The van der Waals surface area contributed by atoms with Crippen molar-refractivity contribution in [2.75, 3.05) is 14.1 Å². The van der Waals surface area contributed by atoms with Gasteiger partial charge in [0.1, 0.15) is 0 Å². The SMILES string of the molecule is CC(NC(=O)c1ccc(S(=O)(=O)N(C)C)o1)c1nn[nH]n1. The molecule has 0 aliphatic heterocycles. The molecule has 0 bridgehead atoms. The number of aromatic nitrogens is 4. The van der Waals surface area contributed by atoms with E-state index in [1.54, 1.807) is 6.92 Å². The van der Waals surface area contributed by atoms with Gasteiger partial charge in [-0.1, -0.05) is 5.21 Å². The van der Waals surface area contributed by atoms with E-state index in [-0.39, 0.29) is 10.9 Å². The molecule has 2 aromatic heterocycles. The molecule has 10 nitrogen and oxygen atoms in total. The topological polar surface area (TPSA) is 134 Å². The number of hydrogen-bond donors (Lipinski definition) is 2. The quantitative estimate of drug-likeness (QED) is 0.762. The first kappa shape index (κ1) is 15.1. The molecule has 2 N–H and O–H groups in total. The number of carbonyl (C=O) groups is 1. The molecule has 0 fully saturated rings. The normalized spacial score (nSPS) is 13.3. The summed E-state index contributed by atoms with van der Waals surface area (Å²) in [7, 11) is -0.972. The van der Waals surface area contributed by atoms with Crippen LogP contribution in [0, 0.1) is 0 Å². The minimum atomic E-state index is -3.71. The number of carbonyl (C=O) groups excluding carboxylic acids is 1. The number of aromatic amines is 1. The van der Waals surface area contributed by atoms with Crippen molar-refractivity contribution in [2.24, 2.45) is 0 Å². The van der Waals surface area contributed by atoms with Crippen molar-refractivity contribution in [2.45, 2.75) is 18.1 Å². The van der Waals surface area contributed by atoms with Gasteiger partial charge < -0.3 is 9.73 Å². The van der Waals surface area contributed by atoms with E-state index in [1.165, 1.54) is 26.2 Å². The Morgan fingerprint density at radius 1 is 1.43 bits per heavy atom. The van der Waals surface area contributed by atoms with E-state index in [1.807, 2.05) is 0 Å². The van der Waals surface area contributed by atoms with Crippen LogP contribution in [0.25, 0.3) is 0 Å². The van der Waals surface area contributed by atoms with Crippen LogP contribution in [-0.2, 0) is 10.0 Å². The summed E-state index contributed by atoms with van der Waals surface area (Å²) in [5.41, 5.74) is 0. The van der Waals surface area contributed by atoms with Gasteiger partial charge in [0.05, 0.1) is 6.04 Å². The van der Waals surface area contributed by atoms with Crippen LogP contribution in [-0.4, -0.2) is 53.3 Å². The van der Waals surface area contributed by atoms with Gasteiger partial charge in [-0.25, -0.2) is 12.7 Å². The Kier molecular flexibility index (Phi) is 4.04. The molecule has 11 heteroatoms. The monoisotopic (exact) mass is 314 g/mol. The summed E-state index contributed by atoms with van der Waals surface area (Å²) in [6.45, 7) is 1.66. The predicted molar refractivity (Wildman–Crippen MR) is 69.6 cm³/mol. The molecule has 21 heavy (non-hydrogen) atoms. The molecule has 0 radical (unpaired) electrons. The van der Waals surface area contributed by atoms with Crippen LogP contribution >= 0.6 is 0 Å². The van der Waals surface area contributed by atoms with E-state index < -0.39 is 22.0 Å². The summed E-state index contributed by atoms with van der Waals surface area (Å²) in [5.74, 6) is -0.394. The maximum Gasteiger partial charge on any atom is 0.287 e. The Morgan fingerprint density at radius 3 is 2.71 bits per heavy atom. The molecule has 1 amide bonds. The molecule has 0 aliphatic rings. The van der Waals surface area contributed by atoms with Crippen molar-refractivity contribution in [3.8, 4) is 0 Å². The zero-order chi connectivity index (χ0) is 15.6. The number of tetrazole rings is 1. The van der Waals surface area contributed by atoms with Crippen molar-refractivity contribution >= 4 is 15.9 Å². The van der Waals surface area contributed by atoms with Gasteiger partial charge >= 0.3 is 0 Å². The number of furan rings is 1. The van der Waals surface area contributed by atoms with E-state index in [9.17, 15) is 13.2 Å². The van der Waals surface area contributed by atoms with E-state index in [0.29, 0.717) is 5.82 Å². The molecule has 0 saturated carbocycles. The van der Waals surface area contributed by atoms with Crippen LogP contribution in [0.4, 0.5) is 0 Å². The van der Waals surface area contributed by atoms with Crippen LogP contribution in [0.5, 0.6) is 0 Å². The first-order valence-electron chi connectivity index (χ1n) is 5.89. The summed E-state index contributed by atoms with van der Waals surface area (Å²) in [4.78, 5) is 12.0. The Labute approximate surface area is 120 Å². The minimum absolute atomic E-state index is 0.120. The summed E-state index contributed by atoms with van der Waals surface area (Å²) < 4.78 is 29.8. The third kappa shape index (κ3) is 3.08. The largest absolute Gasteiger partial charge is 0.438 e. The molecule has 0 spiro atoms. The minimum Gasteiger partial charge on any atom is -0.438 e. The number of rotatable bonds is 5. The number of hydrogen-bond acceptors (Lipinski definition) is 7. The van der Waals surface area contributed by atoms with E-state index >= 15 is 0 Å². The fourth-order valence-corrected chi connectivity index (χ4v) is 2.24.